The molecule has 2 aromatic rings. The van der Waals surface area contributed by atoms with Gasteiger partial charge in [0.1, 0.15) is 60.1 Å². The molecular formula is C56H77N13O22. The van der Waals surface area contributed by atoms with Crippen molar-refractivity contribution in [1.29, 1.82) is 0 Å². The van der Waals surface area contributed by atoms with Gasteiger partial charge < -0.3 is 100 Å². The fraction of sp³-hybridized carbons (Fsp3) is 0.500. The number of hydrogen-bond donors (Lipinski definition) is 18. The van der Waals surface area contributed by atoms with Gasteiger partial charge in [-0.1, -0.05) is 62.7 Å². The molecule has 1 saturated heterocycles. The third-order valence-electron chi connectivity index (χ3n) is 14.0. The van der Waals surface area contributed by atoms with Gasteiger partial charge in [0.05, 0.1) is 45.0 Å². The maximum Gasteiger partial charge on any atom is 0.325 e. The van der Waals surface area contributed by atoms with E-state index in [4.69, 9.17) is 16.6 Å². The average Bonchev–Trinajstić information content (AvgIpc) is 2.06. The highest BCUT2D eigenvalue weighted by Gasteiger charge is 2.40. The summed E-state index contributed by atoms with van der Waals surface area (Å²) in [5, 5.41) is 80.2. The summed E-state index contributed by atoms with van der Waals surface area (Å²) in [4.78, 5) is 208. The maximum absolute atomic E-state index is 14.2. The highest BCUT2D eigenvalue weighted by molar-refractivity contribution is 6.00. The van der Waals surface area contributed by atoms with E-state index in [0.717, 1.165) is 11.8 Å². The number of phenolic OH excluding ortho intramolecular Hbond substituents is 1. The summed E-state index contributed by atoms with van der Waals surface area (Å²) in [5.74, 6) is -19.7. The van der Waals surface area contributed by atoms with Crippen molar-refractivity contribution in [2.24, 2.45) is 17.4 Å². The number of nitrogens with two attached hydrogens (primary N) is 2. The van der Waals surface area contributed by atoms with Crippen molar-refractivity contribution in [2.75, 3.05) is 26.2 Å². The lowest BCUT2D eigenvalue weighted by molar-refractivity contribution is -0.144. The lowest BCUT2D eigenvalue weighted by Gasteiger charge is -2.29. The molecule has 3 rings (SSSR count). The Labute approximate surface area is 519 Å². The van der Waals surface area contributed by atoms with Crippen molar-refractivity contribution in [1.82, 2.24) is 58.1 Å². The van der Waals surface area contributed by atoms with Crippen molar-refractivity contribution >= 4 is 94.8 Å². The standard InChI is InChI=1S/C56H77N13O22/c1-4-27(2)46(54(88)66-35(19-29-9-6-5-7-10-29)52(86)64-37(23-45(79)80)50(84)61-28(3)56(90)91)68-49(83)33(16-17-43(75)76)62-41(73)24-60-48(82)38(26-70)67-51(85)34(20-30-12-14-31(71)15-13-30)63-42(74)25-59-47(81)36(22-40(58)72)65-53(87)39-11-8-18-69(39)55(89)32(57)21-44(77)78/h5-7,9-10,12-15,27-28,32-39,46,70-71H,4,8,11,16-26,57H2,1-3H3,(H2,58,72)(H,59,81)(H,60,82)(H,61,84)(H,62,73)(H,63,74)(H,64,86)(H,65,87)(H,66,88)(H,67,85)(H,68,83)(H,75,76)(H,77,78)(H,79,80)(H,90,91)/t27-,28-,32-,33-,34-,35-,36-,37-,38-,39-,46-/m0/s1. The van der Waals surface area contributed by atoms with Crippen LogP contribution in [0.2, 0.25) is 0 Å². The number of likely N-dealkylation sites (tertiary alicyclic amines) is 1. The van der Waals surface area contributed by atoms with Crippen LogP contribution >= 0.6 is 0 Å². The van der Waals surface area contributed by atoms with Gasteiger partial charge in [-0.3, -0.25) is 76.7 Å². The molecule has 0 aromatic heterocycles. The molecule has 20 N–H and O–H groups in total. The highest BCUT2D eigenvalue weighted by atomic mass is 16.4. The Bertz CT molecular complexity index is 2990. The first-order valence-electron chi connectivity index (χ1n) is 28.5. The normalized spacial score (nSPS) is 15.8. The van der Waals surface area contributed by atoms with E-state index in [-0.39, 0.29) is 38.0 Å². The molecule has 498 valence electrons. The van der Waals surface area contributed by atoms with Crippen LogP contribution in [0.5, 0.6) is 5.75 Å². The SMILES string of the molecule is CC[C@H](C)[C@H](NC(=O)[C@H](CCC(=O)O)NC(=O)CNC(=O)[C@H](CO)NC(=O)[C@H](Cc1ccc(O)cc1)NC(=O)CNC(=O)[C@H](CC(N)=O)NC(=O)[C@@H]1CCCN1C(=O)[C@@H](N)CC(=O)O)C(=O)N[C@@H](Cc1ccccc1)C(=O)N[C@@H](CC(=O)O)C(=O)N[C@@H](C)C(=O)O. The van der Waals surface area contributed by atoms with Crippen LogP contribution in [0.4, 0.5) is 0 Å². The van der Waals surface area contributed by atoms with Crippen LogP contribution in [0.3, 0.4) is 0 Å². The largest absolute Gasteiger partial charge is 0.508 e. The molecule has 11 atom stereocenters. The van der Waals surface area contributed by atoms with Crippen LogP contribution in [0.1, 0.15) is 83.3 Å². The second kappa shape index (κ2) is 36.9. The third kappa shape index (κ3) is 25.7. The van der Waals surface area contributed by atoms with E-state index in [0.29, 0.717) is 17.5 Å². The summed E-state index contributed by atoms with van der Waals surface area (Å²) >= 11 is 0. The van der Waals surface area contributed by atoms with Gasteiger partial charge in [-0.05, 0) is 55.4 Å². The first kappa shape index (κ1) is 74.9. The van der Waals surface area contributed by atoms with Crippen molar-refractivity contribution < 1.29 is 107 Å². The van der Waals surface area contributed by atoms with E-state index in [1.54, 1.807) is 37.3 Å². The van der Waals surface area contributed by atoms with Crippen molar-refractivity contribution in [3.63, 3.8) is 0 Å². The topological polar surface area (TPSA) is 570 Å². The van der Waals surface area contributed by atoms with Gasteiger partial charge in [-0.2, -0.15) is 0 Å². The molecule has 0 bridgehead atoms. The Morgan fingerprint density at radius 1 is 0.560 bits per heavy atom. The van der Waals surface area contributed by atoms with Crippen LogP contribution in [0.25, 0.3) is 0 Å². The van der Waals surface area contributed by atoms with Gasteiger partial charge in [0.25, 0.3) is 0 Å². The summed E-state index contributed by atoms with van der Waals surface area (Å²) in [5.41, 5.74) is 11.8. The number of phenols is 1. The molecule has 12 amide bonds. The van der Waals surface area contributed by atoms with Gasteiger partial charge in [-0.25, -0.2) is 0 Å². The second-order valence-electron chi connectivity index (χ2n) is 21.2. The number of carbonyl (C=O) groups is 16. The number of nitrogens with zero attached hydrogens (tertiary/aromatic N) is 1. The third-order valence-corrected chi connectivity index (χ3v) is 14.0. The Balaban J connectivity index is 1.76. The number of carbonyl (C=O) groups excluding carboxylic acids is 12. The zero-order chi connectivity index (χ0) is 68.2. The number of carboxylic acids is 4. The van der Waals surface area contributed by atoms with E-state index in [1.165, 1.54) is 31.2 Å². The molecule has 0 aliphatic carbocycles. The van der Waals surface area contributed by atoms with Gasteiger partial charge in [-0.15, -0.1) is 0 Å². The number of aliphatic hydroxyl groups is 1. The van der Waals surface area contributed by atoms with Crippen LogP contribution in [0, 0.1) is 5.92 Å². The number of amides is 12. The molecule has 35 heteroatoms. The van der Waals surface area contributed by atoms with Gasteiger partial charge in [0.2, 0.25) is 70.9 Å². The average molecular weight is 1280 g/mol. The number of nitrogens with one attached hydrogen (secondary N) is 10. The van der Waals surface area contributed by atoms with Crippen LogP contribution in [-0.4, -0.2) is 217 Å². The number of rotatable bonds is 38. The predicted octanol–water partition coefficient (Wildman–Crippen LogP) is -6.56. The maximum atomic E-state index is 14.2. The number of carboxylic acid groups (broad SMARTS) is 4. The van der Waals surface area contributed by atoms with Crippen molar-refractivity contribution in [3.8, 4) is 5.75 Å². The highest BCUT2D eigenvalue weighted by Crippen LogP contribution is 2.20. The minimum Gasteiger partial charge on any atom is -0.508 e. The van der Waals surface area contributed by atoms with E-state index in [2.05, 4.69) is 53.2 Å². The molecular weight excluding hydrogens is 1210 g/mol. The molecule has 1 aliphatic heterocycles. The van der Waals surface area contributed by atoms with Crippen LogP contribution in [-0.2, 0) is 89.6 Å². The molecule has 0 unspecified atom stereocenters. The lowest BCUT2D eigenvalue weighted by Crippen LogP contribution is -2.60. The molecule has 2 aromatic carbocycles. The van der Waals surface area contributed by atoms with E-state index >= 15 is 0 Å². The van der Waals surface area contributed by atoms with Gasteiger partial charge in [0, 0.05) is 25.8 Å². The Hall–Kier alpha value is -10.3. The minimum atomic E-state index is -1.87. The summed E-state index contributed by atoms with van der Waals surface area (Å²) in [6.45, 7) is 1.21. The molecule has 35 nitrogen and oxygen atoms in total. The Kier molecular flexibility index (Phi) is 30.4. The summed E-state index contributed by atoms with van der Waals surface area (Å²) < 4.78 is 0. The van der Waals surface area contributed by atoms with Gasteiger partial charge in [0.15, 0.2) is 0 Å². The van der Waals surface area contributed by atoms with E-state index < -0.39 is 213 Å². The first-order valence-corrected chi connectivity index (χ1v) is 28.5. The number of aliphatic carboxylic acids is 4. The van der Waals surface area contributed by atoms with E-state index in [9.17, 15) is 102 Å². The summed E-state index contributed by atoms with van der Waals surface area (Å²) in [6.07, 6.45) is -3.95. The zero-order valence-corrected chi connectivity index (χ0v) is 49.8. The number of benzene rings is 2. The Morgan fingerprint density at radius 3 is 1.58 bits per heavy atom. The molecule has 1 aliphatic rings. The summed E-state index contributed by atoms with van der Waals surface area (Å²) in [6, 6.07) is -2.89. The van der Waals surface area contributed by atoms with Crippen LogP contribution < -0.4 is 64.6 Å². The quantitative estimate of drug-likeness (QED) is 0.0297. The second-order valence-corrected chi connectivity index (χ2v) is 21.2. The smallest absolute Gasteiger partial charge is 0.325 e. The predicted molar refractivity (Wildman–Crippen MR) is 311 cm³/mol. The van der Waals surface area contributed by atoms with E-state index in [1.807, 2.05) is 0 Å². The minimum absolute atomic E-state index is 0.0200. The van der Waals surface area contributed by atoms with Crippen LogP contribution in [0.15, 0.2) is 54.6 Å². The van der Waals surface area contributed by atoms with Gasteiger partial charge >= 0.3 is 23.9 Å². The molecule has 0 saturated carbocycles. The molecule has 91 heavy (non-hydrogen) atoms. The van der Waals surface area contributed by atoms with Crippen molar-refractivity contribution in [3.05, 3.63) is 65.7 Å². The monoisotopic (exact) mass is 1280 g/mol. The zero-order valence-electron chi connectivity index (χ0n) is 49.8. The lowest BCUT2D eigenvalue weighted by atomic mass is 9.96. The molecule has 1 fully saturated rings. The fourth-order valence-corrected chi connectivity index (χ4v) is 8.93. The number of aliphatic hydroxyl groups excluding tert-OH is 1. The Morgan fingerprint density at radius 2 is 1.05 bits per heavy atom. The molecule has 0 spiro atoms. The first-order chi connectivity index (χ1) is 42.8. The number of primary amides is 1. The molecule has 0 radical (unpaired) electrons. The summed E-state index contributed by atoms with van der Waals surface area (Å²) in [7, 11) is 0. The number of hydrogen-bond acceptors (Lipinski definition) is 19. The van der Waals surface area contributed by atoms with Crippen molar-refractivity contribution in [2.45, 2.75) is 145 Å². The fourth-order valence-electron chi connectivity index (χ4n) is 8.93. The molecule has 1 heterocycles. The number of aromatic hydroxyl groups is 1.